The third kappa shape index (κ3) is 2.73. The second-order valence-corrected chi connectivity index (χ2v) is 6.46. The van der Waals surface area contributed by atoms with Crippen LogP contribution in [-0.2, 0) is 4.74 Å². The monoisotopic (exact) mass is 252 g/mol. The summed E-state index contributed by atoms with van der Waals surface area (Å²) in [5.74, 6) is 2.75. The van der Waals surface area contributed by atoms with Gasteiger partial charge in [0, 0.05) is 38.2 Å². The Morgan fingerprint density at radius 3 is 2.67 bits per heavy atom. The molecule has 3 aliphatic rings. The van der Waals surface area contributed by atoms with Crippen LogP contribution < -0.4 is 5.32 Å². The molecule has 0 aromatic heterocycles. The number of hydrogen-bond acceptors (Lipinski definition) is 3. The van der Waals surface area contributed by atoms with Gasteiger partial charge in [0.1, 0.15) is 0 Å². The zero-order valence-corrected chi connectivity index (χ0v) is 11.7. The van der Waals surface area contributed by atoms with Gasteiger partial charge in [0.2, 0.25) is 0 Å². The van der Waals surface area contributed by atoms with E-state index in [-0.39, 0.29) is 0 Å². The second kappa shape index (κ2) is 5.89. The lowest BCUT2D eigenvalue weighted by Crippen LogP contribution is -2.47. The Labute approximate surface area is 111 Å². The van der Waals surface area contributed by atoms with Crippen LogP contribution in [0.2, 0.25) is 0 Å². The van der Waals surface area contributed by atoms with Gasteiger partial charge in [-0.05, 0) is 37.6 Å². The minimum absolute atomic E-state index is 0.684. The highest BCUT2D eigenvalue weighted by Crippen LogP contribution is 2.38. The standard InChI is InChI=1S/C15H28N2O/c1-2-16-15-6-7-18-11-14(15)10-17-8-12-4-3-5-13(12)9-17/h12-16H,2-11H2,1H3. The number of nitrogens with one attached hydrogen (secondary N) is 1. The number of rotatable bonds is 4. The quantitative estimate of drug-likeness (QED) is 0.825. The highest BCUT2D eigenvalue weighted by atomic mass is 16.5. The molecule has 0 spiro atoms. The highest BCUT2D eigenvalue weighted by Gasteiger charge is 2.37. The van der Waals surface area contributed by atoms with E-state index in [0.29, 0.717) is 12.0 Å². The van der Waals surface area contributed by atoms with Crippen molar-refractivity contribution in [3.8, 4) is 0 Å². The molecule has 1 N–H and O–H groups in total. The average Bonchev–Trinajstić information content (AvgIpc) is 2.92. The van der Waals surface area contributed by atoms with E-state index in [1.54, 1.807) is 0 Å². The Hall–Kier alpha value is -0.120. The zero-order valence-electron chi connectivity index (χ0n) is 11.7. The van der Waals surface area contributed by atoms with Gasteiger partial charge in [-0.1, -0.05) is 13.3 Å². The fourth-order valence-electron chi connectivity index (χ4n) is 4.32. The Morgan fingerprint density at radius 1 is 1.17 bits per heavy atom. The fourth-order valence-corrected chi connectivity index (χ4v) is 4.32. The van der Waals surface area contributed by atoms with E-state index in [0.717, 1.165) is 31.6 Å². The minimum atomic E-state index is 0.684. The molecule has 1 saturated carbocycles. The van der Waals surface area contributed by atoms with E-state index in [1.165, 1.54) is 45.3 Å². The summed E-state index contributed by atoms with van der Waals surface area (Å²) in [6.07, 6.45) is 5.65. The van der Waals surface area contributed by atoms with Crippen LogP contribution in [0.5, 0.6) is 0 Å². The Kier molecular flexibility index (Phi) is 4.22. The lowest BCUT2D eigenvalue weighted by molar-refractivity contribution is 0.0190. The van der Waals surface area contributed by atoms with Gasteiger partial charge in [0.25, 0.3) is 0 Å². The van der Waals surface area contributed by atoms with Crippen LogP contribution in [0.15, 0.2) is 0 Å². The van der Waals surface area contributed by atoms with Crippen LogP contribution in [0.3, 0.4) is 0 Å². The van der Waals surface area contributed by atoms with Gasteiger partial charge >= 0.3 is 0 Å². The maximum Gasteiger partial charge on any atom is 0.0521 e. The summed E-state index contributed by atoms with van der Waals surface area (Å²) >= 11 is 0. The minimum Gasteiger partial charge on any atom is -0.381 e. The number of fused-ring (bicyclic) bond motifs is 1. The molecule has 0 aromatic rings. The number of likely N-dealkylation sites (tertiary alicyclic amines) is 1. The predicted molar refractivity (Wildman–Crippen MR) is 73.7 cm³/mol. The topological polar surface area (TPSA) is 24.5 Å². The van der Waals surface area contributed by atoms with Gasteiger partial charge in [-0.3, -0.25) is 0 Å². The van der Waals surface area contributed by atoms with Crippen LogP contribution in [0.1, 0.15) is 32.6 Å². The second-order valence-electron chi connectivity index (χ2n) is 6.46. The molecule has 2 heterocycles. The molecule has 1 aliphatic carbocycles. The Balaban J connectivity index is 1.51. The molecule has 3 fully saturated rings. The zero-order chi connectivity index (χ0) is 12.4. The van der Waals surface area contributed by atoms with Crippen molar-refractivity contribution in [3.63, 3.8) is 0 Å². The van der Waals surface area contributed by atoms with Crippen molar-refractivity contribution in [1.29, 1.82) is 0 Å². The molecular weight excluding hydrogens is 224 g/mol. The first-order valence-corrected chi connectivity index (χ1v) is 7.90. The van der Waals surface area contributed by atoms with Crippen molar-refractivity contribution in [2.24, 2.45) is 17.8 Å². The summed E-state index contributed by atoms with van der Waals surface area (Å²) in [6, 6.07) is 0.684. The molecule has 0 aromatic carbocycles. The molecule has 4 unspecified atom stereocenters. The summed E-state index contributed by atoms with van der Waals surface area (Å²) in [4.78, 5) is 2.72. The molecule has 2 saturated heterocycles. The van der Waals surface area contributed by atoms with E-state index >= 15 is 0 Å². The number of hydrogen-bond donors (Lipinski definition) is 1. The third-order valence-electron chi connectivity index (χ3n) is 5.24. The van der Waals surface area contributed by atoms with Crippen molar-refractivity contribution in [2.75, 3.05) is 39.4 Å². The maximum absolute atomic E-state index is 5.70. The van der Waals surface area contributed by atoms with Crippen molar-refractivity contribution < 1.29 is 4.74 Å². The van der Waals surface area contributed by atoms with Crippen LogP contribution >= 0.6 is 0 Å². The van der Waals surface area contributed by atoms with Crippen LogP contribution in [0, 0.1) is 17.8 Å². The van der Waals surface area contributed by atoms with Crippen molar-refractivity contribution >= 4 is 0 Å². The molecule has 0 amide bonds. The number of ether oxygens (including phenoxy) is 1. The van der Waals surface area contributed by atoms with Crippen LogP contribution in [0.25, 0.3) is 0 Å². The summed E-state index contributed by atoms with van der Waals surface area (Å²) in [5, 5.41) is 3.65. The Bertz CT molecular complexity index is 257. The van der Waals surface area contributed by atoms with Gasteiger partial charge in [-0.15, -0.1) is 0 Å². The Morgan fingerprint density at radius 2 is 1.94 bits per heavy atom. The SMILES string of the molecule is CCNC1CCOCC1CN1CC2CCCC2C1. The first kappa shape index (κ1) is 12.9. The van der Waals surface area contributed by atoms with E-state index in [1.807, 2.05) is 0 Å². The van der Waals surface area contributed by atoms with E-state index in [4.69, 9.17) is 4.74 Å². The average molecular weight is 252 g/mol. The molecule has 0 radical (unpaired) electrons. The van der Waals surface area contributed by atoms with Gasteiger partial charge < -0.3 is 15.0 Å². The molecule has 3 heteroatoms. The summed E-state index contributed by atoms with van der Waals surface area (Å²) < 4.78 is 5.70. The van der Waals surface area contributed by atoms with Gasteiger partial charge in [0.15, 0.2) is 0 Å². The summed E-state index contributed by atoms with van der Waals surface area (Å²) in [7, 11) is 0. The van der Waals surface area contributed by atoms with Gasteiger partial charge in [-0.25, -0.2) is 0 Å². The smallest absolute Gasteiger partial charge is 0.0521 e. The molecule has 0 bridgehead atoms. The van der Waals surface area contributed by atoms with Crippen LogP contribution in [-0.4, -0.2) is 50.3 Å². The molecule has 3 nitrogen and oxygen atoms in total. The predicted octanol–water partition coefficient (Wildman–Crippen LogP) is 1.73. The van der Waals surface area contributed by atoms with E-state index in [9.17, 15) is 0 Å². The molecule has 3 rings (SSSR count). The van der Waals surface area contributed by atoms with Crippen molar-refractivity contribution in [2.45, 2.75) is 38.6 Å². The van der Waals surface area contributed by atoms with Gasteiger partial charge in [0.05, 0.1) is 6.61 Å². The highest BCUT2D eigenvalue weighted by molar-refractivity contribution is 4.91. The lowest BCUT2D eigenvalue weighted by atomic mass is 9.95. The van der Waals surface area contributed by atoms with Crippen LogP contribution in [0.4, 0.5) is 0 Å². The molecule has 18 heavy (non-hydrogen) atoms. The largest absolute Gasteiger partial charge is 0.381 e. The summed E-state index contributed by atoms with van der Waals surface area (Å²) in [6.45, 7) is 9.19. The fraction of sp³-hybridized carbons (Fsp3) is 1.00. The summed E-state index contributed by atoms with van der Waals surface area (Å²) in [5.41, 5.74) is 0. The molecule has 4 atom stereocenters. The number of nitrogens with zero attached hydrogens (tertiary/aromatic N) is 1. The van der Waals surface area contributed by atoms with E-state index in [2.05, 4.69) is 17.1 Å². The maximum atomic E-state index is 5.70. The first-order valence-electron chi connectivity index (χ1n) is 7.90. The van der Waals surface area contributed by atoms with Crippen molar-refractivity contribution in [3.05, 3.63) is 0 Å². The van der Waals surface area contributed by atoms with E-state index < -0.39 is 0 Å². The lowest BCUT2D eigenvalue weighted by Gasteiger charge is -2.35. The van der Waals surface area contributed by atoms with Gasteiger partial charge in [-0.2, -0.15) is 0 Å². The first-order chi connectivity index (χ1) is 8.86. The molecular formula is C15H28N2O. The normalized spacial score (nSPS) is 41.2. The molecule has 2 aliphatic heterocycles. The van der Waals surface area contributed by atoms with Crippen molar-refractivity contribution in [1.82, 2.24) is 10.2 Å². The third-order valence-corrected chi connectivity index (χ3v) is 5.24. The molecule has 104 valence electrons.